The largest absolute Gasteiger partial charge is 0.206 e. The number of benzene rings is 3. The first-order chi connectivity index (χ1) is 16.2. The Morgan fingerprint density at radius 1 is 0.788 bits per heavy atom. The van der Waals surface area contributed by atoms with Crippen LogP contribution in [-0.2, 0) is 19.3 Å². The third kappa shape index (κ3) is 6.02. The molecule has 0 saturated heterocycles. The van der Waals surface area contributed by atoms with E-state index < -0.39 is 0 Å². The van der Waals surface area contributed by atoms with Gasteiger partial charge in [-0.3, -0.25) is 0 Å². The van der Waals surface area contributed by atoms with Gasteiger partial charge in [-0.2, -0.15) is 0 Å². The average Bonchev–Trinajstić information content (AvgIpc) is 2.85. The summed E-state index contributed by atoms with van der Waals surface area (Å²) in [5, 5.41) is 1.74. The molecule has 172 valence electrons. The summed E-state index contributed by atoms with van der Waals surface area (Å²) in [5.41, 5.74) is 4.97. The minimum atomic E-state index is -0.0566. The van der Waals surface area contributed by atoms with Crippen molar-refractivity contribution in [1.29, 1.82) is 0 Å². The number of rotatable bonds is 8. The Morgan fingerprint density at radius 3 is 2.24 bits per heavy atom. The molecule has 3 aromatic carbocycles. The molecule has 0 N–H and O–H groups in total. The lowest BCUT2D eigenvalue weighted by Crippen LogP contribution is -2.11. The molecule has 4 rings (SSSR count). The maximum absolute atomic E-state index is 14.9. The van der Waals surface area contributed by atoms with Gasteiger partial charge in [-0.1, -0.05) is 78.9 Å². The quantitative estimate of drug-likeness (QED) is 0.306. The number of halogens is 1. The topological polar surface area (TPSA) is 0 Å². The van der Waals surface area contributed by atoms with E-state index in [0.717, 1.165) is 53.9 Å². The SMILES string of the molecule is C/C=C/CCc1ccc2cc(CCc3ccc(C4CCC(/C=C/C)CC4)cc3)ccc2c1F. The molecule has 1 saturated carbocycles. The van der Waals surface area contributed by atoms with E-state index in [1.54, 1.807) is 0 Å². The summed E-state index contributed by atoms with van der Waals surface area (Å²) >= 11 is 0. The molecule has 1 fully saturated rings. The molecule has 3 aromatic rings. The zero-order valence-electron chi connectivity index (χ0n) is 20.2. The number of aryl methyl sites for hydroxylation is 3. The number of hydrogen-bond acceptors (Lipinski definition) is 0. The molecule has 33 heavy (non-hydrogen) atoms. The molecule has 0 amide bonds. The molecular formula is C32H37F. The molecular weight excluding hydrogens is 403 g/mol. The Labute approximate surface area is 199 Å². The van der Waals surface area contributed by atoms with Crippen LogP contribution in [0.5, 0.6) is 0 Å². The van der Waals surface area contributed by atoms with Crippen molar-refractivity contribution in [2.24, 2.45) is 5.92 Å². The first-order valence-electron chi connectivity index (χ1n) is 12.7. The number of hydrogen-bond donors (Lipinski definition) is 0. The minimum Gasteiger partial charge on any atom is -0.206 e. The van der Waals surface area contributed by atoms with Gasteiger partial charge in [0.2, 0.25) is 0 Å². The standard InChI is InChI=1S/C32H37F/c1-3-5-6-8-29-20-21-30-23-26(15-22-31(30)32(29)33)10-9-25-13-18-28(19-14-25)27-16-11-24(7-4-2)12-17-27/h3-5,7,13-15,18-24,27H,6,8-12,16-17H2,1-2H3/b5-3+,7-4+. The fourth-order valence-corrected chi connectivity index (χ4v) is 5.30. The van der Waals surface area contributed by atoms with Crippen molar-refractivity contribution in [3.8, 4) is 0 Å². The number of fused-ring (bicyclic) bond motifs is 1. The van der Waals surface area contributed by atoms with E-state index in [9.17, 15) is 4.39 Å². The smallest absolute Gasteiger partial charge is 0.134 e. The lowest BCUT2D eigenvalue weighted by Gasteiger charge is -2.27. The van der Waals surface area contributed by atoms with E-state index in [1.165, 1.54) is 42.4 Å². The molecule has 1 heteroatoms. The van der Waals surface area contributed by atoms with Gasteiger partial charge >= 0.3 is 0 Å². The van der Waals surface area contributed by atoms with Crippen LogP contribution in [0.25, 0.3) is 10.8 Å². The van der Waals surface area contributed by atoms with Gasteiger partial charge < -0.3 is 0 Å². The van der Waals surface area contributed by atoms with Gasteiger partial charge in [0, 0.05) is 5.39 Å². The van der Waals surface area contributed by atoms with Crippen LogP contribution in [0.4, 0.5) is 4.39 Å². The summed E-state index contributed by atoms with van der Waals surface area (Å²) in [5.74, 6) is 1.45. The van der Waals surface area contributed by atoms with Crippen LogP contribution >= 0.6 is 0 Å². The first-order valence-corrected chi connectivity index (χ1v) is 12.7. The summed E-state index contributed by atoms with van der Waals surface area (Å²) in [4.78, 5) is 0. The van der Waals surface area contributed by atoms with Crippen molar-refractivity contribution in [3.63, 3.8) is 0 Å². The lowest BCUT2D eigenvalue weighted by molar-refractivity contribution is 0.375. The van der Waals surface area contributed by atoms with Crippen LogP contribution < -0.4 is 0 Å². The first kappa shape index (κ1) is 23.5. The molecule has 0 nitrogen and oxygen atoms in total. The molecule has 0 unspecified atom stereocenters. The number of allylic oxidation sites excluding steroid dienone is 4. The molecule has 0 aromatic heterocycles. The third-order valence-corrected chi connectivity index (χ3v) is 7.30. The van der Waals surface area contributed by atoms with Crippen LogP contribution in [0.2, 0.25) is 0 Å². The van der Waals surface area contributed by atoms with Crippen molar-refractivity contribution >= 4 is 10.8 Å². The highest BCUT2D eigenvalue weighted by Crippen LogP contribution is 2.36. The fraction of sp³-hybridized carbons (Fsp3) is 0.375. The van der Waals surface area contributed by atoms with E-state index in [-0.39, 0.29) is 5.82 Å². The van der Waals surface area contributed by atoms with Gasteiger partial charge in [0.15, 0.2) is 0 Å². The van der Waals surface area contributed by atoms with Crippen LogP contribution in [-0.4, -0.2) is 0 Å². The molecule has 0 radical (unpaired) electrons. The molecule has 0 spiro atoms. The Kier molecular flexibility index (Phi) is 8.15. The Hall–Kier alpha value is -2.67. The summed E-state index contributed by atoms with van der Waals surface area (Å²) in [6.07, 6.45) is 17.6. The monoisotopic (exact) mass is 440 g/mol. The van der Waals surface area contributed by atoms with Crippen LogP contribution in [0, 0.1) is 11.7 Å². The highest BCUT2D eigenvalue weighted by atomic mass is 19.1. The van der Waals surface area contributed by atoms with Crippen molar-refractivity contribution in [3.05, 3.63) is 107 Å². The third-order valence-electron chi connectivity index (χ3n) is 7.30. The van der Waals surface area contributed by atoms with Crippen LogP contribution in [0.1, 0.15) is 74.1 Å². The van der Waals surface area contributed by atoms with Gasteiger partial charge in [-0.25, -0.2) is 4.39 Å². The second kappa shape index (κ2) is 11.5. The van der Waals surface area contributed by atoms with Gasteiger partial charge in [-0.15, -0.1) is 0 Å². The molecule has 1 aliphatic carbocycles. The summed E-state index contributed by atoms with van der Waals surface area (Å²) in [7, 11) is 0. The predicted octanol–water partition coefficient (Wildman–Crippen LogP) is 9.12. The molecule has 0 atom stereocenters. The summed E-state index contributed by atoms with van der Waals surface area (Å²) < 4.78 is 14.9. The highest BCUT2D eigenvalue weighted by Gasteiger charge is 2.20. The zero-order valence-corrected chi connectivity index (χ0v) is 20.2. The second-order valence-electron chi connectivity index (χ2n) is 9.58. The Morgan fingerprint density at radius 2 is 1.52 bits per heavy atom. The Bertz CT molecular complexity index is 1100. The predicted molar refractivity (Wildman–Crippen MR) is 140 cm³/mol. The van der Waals surface area contributed by atoms with E-state index in [1.807, 2.05) is 25.1 Å². The van der Waals surface area contributed by atoms with E-state index in [4.69, 9.17) is 0 Å². The second-order valence-corrected chi connectivity index (χ2v) is 9.58. The highest BCUT2D eigenvalue weighted by molar-refractivity contribution is 5.84. The van der Waals surface area contributed by atoms with Gasteiger partial charge in [0.25, 0.3) is 0 Å². The van der Waals surface area contributed by atoms with Crippen LogP contribution in [0.3, 0.4) is 0 Å². The fourth-order valence-electron chi connectivity index (χ4n) is 5.30. The normalized spacial score (nSPS) is 19.1. The van der Waals surface area contributed by atoms with E-state index in [2.05, 4.69) is 67.6 Å². The zero-order chi connectivity index (χ0) is 23.0. The van der Waals surface area contributed by atoms with Crippen LogP contribution in [0.15, 0.2) is 78.9 Å². The maximum atomic E-state index is 14.9. The van der Waals surface area contributed by atoms with Gasteiger partial charge in [-0.05, 0) is 105 Å². The van der Waals surface area contributed by atoms with Crippen molar-refractivity contribution in [2.45, 2.75) is 71.1 Å². The van der Waals surface area contributed by atoms with E-state index >= 15 is 0 Å². The molecule has 0 heterocycles. The summed E-state index contributed by atoms with van der Waals surface area (Å²) in [6, 6.07) is 19.6. The van der Waals surface area contributed by atoms with Gasteiger partial charge in [0.1, 0.15) is 5.82 Å². The van der Waals surface area contributed by atoms with Crippen molar-refractivity contribution < 1.29 is 4.39 Å². The lowest BCUT2D eigenvalue weighted by atomic mass is 9.78. The van der Waals surface area contributed by atoms with Gasteiger partial charge in [0.05, 0.1) is 0 Å². The van der Waals surface area contributed by atoms with Crippen molar-refractivity contribution in [1.82, 2.24) is 0 Å². The Balaban J connectivity index is 1.35. The maximum Gasteiger partial charge on any atom is 0.134 e. The van der Waals surface area contributed by atoms with E-state index in [0.29, 0.717) is 0 Å². The average molecular weight is 441 g/mol. The van der Waals surface area contributed by atoms with Crippen molar-refractivity contribution in [2.75, 3.05) is 0 Å². The summed E-state index contributed by atoms with van der Waals surface area (Å²) in [6.45, 7) is 4.13. The minimum absolute atomic E-state index is 0.0566. The molecule has 1 aliphatic rings. The molecule has 0 bridgehead atoms. The molecule has 0 aliphatic heterocycles.